The molecule has 1 aliphatic heterocycles. The smallest absolute Gasteiger partial charge is 0.319 e. The summed E-state index contributed by atoms with van der Waals surface area (Å²) >= 11 is 0. The quantitative estimate of drug-likeness (QED) is 0.860. The van der Waals surface area contributed by atoms with Crippen molar-refractivity contribution >= 4 is 11.7 Å². The second kappa shape index (κ2) is 7.12. The fourth-order valence-electron chi connectivity index (χ4n) is 2.06. The Hall–Kier alpha value is -1.79. The van der Waals surface area contributed by atoms with E-state index in [0.717, 1.165) is 5.75 Å². The van der Waals surface area contributed by atoms with Gasteiger partial charge >= 0.3 is 6.03 Å². The van der Waals surface area contributed by atoms with E-state index in [4.69, 9.17) is 14.2 Å². The normalized spacial score (nSPS) is 21.5. The van der Waals surface area contributed by atoms with E-state index >= 15 is 0 Å². The Kier molecular flexibility index (Phi) is 5.20. The van der Waals surface area contributed by atoms with Crippen LogP contribution in [0.2, 0.25) is 0 Å². The first-order chi connectivity index (χ1) is 9.72. The average Bonchev–Trinajstić information content (AvgIpc) is 2.87. The van der Waals surface area contributed by atoms with Gasteiger partial charge in [0.05, 0.1) is 26.4 Å². The van der Waals surface area contributed by atoms with Crippen molar-refractivity contribution in [1.29, 1.82) is 0 Å². The van der Waals surface area contributed by atoms with Crippen molar-refractivity contribution < 1.29 is 19.0 Å². The highest BCUT2D eigenvalue weighted by atomic mass is 16.5. The minimum Gasteiger partial charge on any atom is -0.497 e. The van der Waals surface area contributed by atoms with Gasteiger partial charge < -0.3 is 24.8 Å². The number of nitrogens with one attached hydrogen (secondary N) is 2. The number of hydrogen-bond donors (Lipinski definition) is 2. The largest absolute Gasteiger partial charge is 0.497 e. The summed E-state index contributed by atoms with van der Waals surface area (Å²) in [5, 5.41) is 5.63. The Balaban J connectivity index is 1.85. The molecular weight excluding hydrogens is 260 g/mol. The van der Waals surface area contributed by atoms with Gasteiger partial charge in [0.25, 0.3) is 0 Å². The maximum absolute atomic E-state index is 11.9. The van der Waals surface area contributed by atoms with Gasteiger partial charge in [-0.3, -0.25) is 0 Å². The van der Waals surface area contributed by atoms with Crippen LogP contribution in [0.1, 0.15) is 6.92 Å². The molecule has 2 rings (SSSR count). The van der Waals surface area contributed by atoms with Gasteiger partial charge in [-0.2, -0.15) is 0 Å². The number of urea groups is 1. The maximum atomic E-state index is 11.9. The van der Waals surface area contributed by atoms with Gasteiger partial charge in [0.2, 0.25) is 0 Å². The summed E-state index contributed by atoms with van der Waals surface area (Å²) in [7, 11) is 1.60. The number of ether oxygens (including phenoxy) is 3. The Labute approximate surface area is 118 Å². The zero-order chi connectivity index (χ0) is 14.4. The first kappa shape index (κ1) is 14.6. The Morgan fingerprint density at radius 1 is 1.35 bits per heavy atom. The molecule has 0 spiro atoms. The van der Waals surface area contributed by atoms with Gasteiger partial charge in [-0.25, -0.2) is 4.79 Å². The summed E-state index contributed by atoms with van der Waals surface area (Å²) in [4.78, 5) is 11.9. The number of methoxy groups -OCH3 is 1. The lowest BCUT2D eigenvalue weighted by Crippen LogP contribution is -2.45. The van der Waals surface area contributed by atoms with Crippen LogP contribution >= 0.6 is 0 Å². The molecule has 6 heteroatoms. The average molecular weight is 280 g/mol. The third-order valence-electron chi connectivity index (χ3n) is 3.07. The molecular formula is C14H20N2O4. The minimum absolute atomic E-state index is 0.0818. The van der Waals surface area contributed by atoms with E-state index in [1.165, 1.54) is 0 Å². The van der Waals surface area contributed by atoms with Gasteiger partial charge in [0.1, 0.15) is 11.9 Å². The van der Waals surface area contributed by atoms with Gasteiger partial charge in [0.15, 0.2) is 0 Å². The van der Waals surface area contributed by atoms with Gasteiger partial charge in [-0.1, -0.05) is 0 Å². The zero-order valence-electron chi connectivity index (χ0n) is 11.7. The van der Waals surface area contributed by atoms with Crippen molar-refractivity contribution in [3.8, 4) is 5.75 Å². The van der Waals surface area contributed by atoms with Crippen LogP contribution in [-0.2, 0) is 9.47 Å². The third-order valence-corrected chi connectivity index (χ3v) is 3.07. The maximum Gasteiger partial charge on any atom is 0.319 e. The van der Waals surface area contributed by atoms with Gasteiger partial charge in [0, 0.05) is 12.3 Å². The molecule has 0 aromatic heterocycles. The third kappa shape index (κ3) is 3.85. The number of anilines is 1. The first-order valence-corrected chi connectivity index (χ1v) is 6.64. The molecule has 6 nitrogen and oxygen atoms in total. The molecule has 0 aliphatic carbocycles. The molecule has 0 radical (unpaired) electrons. The van der Waals surface area contributed by atoms with E-state index in [2.05, 4.69) is 10.6 Å². The van der Waals surface area contributed by atoms with Crippen LogP contribution in [0.15, 0.2) is 24.3 Å². The van der Waals surface area contributed by atoms with E-state index in [1.54, 1.807) is 31.4 Å². The number of rotatable bonds is 5. The molecule has 1 saturated heterocycles. The molecule has 1 aliphatic rings. The molecule has 1 aromatic rings. The van der Waals surface area contributed by atoms with E-state index in [1.807, 2.05) is 6.92 Å². The van der Waals surface area contributed by atoms with Crippen molar-refractivity contribution in [2.75, 3.05) is 32.2 Å². The molecule has 0 unspecified atom stereocenters. The lowest BCUT2D eigenvalue weighted by Gasteiger charge is -2.19. The molecule has 0 saturated carbocycles. The van der Waals surface area contributed by atoms with Crippen molar-refractivity contribution in [1.82, 2.24) is 5.32 Å². The monoisotopic (exact) mass is 280 g/mol. The number of carbonyl (C=O) groups excluding carboxylic acids is 1. The molecule has 1 fully saturated rings. The SMILES string of the molecule is CCO[C@@H]1COC[C@H]1NC(=O)Nc1ccc(OC)cc1. The van der Waals surface area contributed by atoms with E-state index in [-0.39, 0.29) is 18.2 Å². The molecule has 2 N–H and O–H groups in total. The summed E-state index contributed by atoms with van der Waals surface area (Å²) in [6, 6.07) is 6.76. The summed E-state index contributed by atoms with van der Waals surface area (Å²) in [5.41, 5.74) is 0.704. The molecule has 110 valence electrons. The van der Waals surface area contributed by atoms with Crippen LogP contribution in [0.5, 0.6) is 5.75 Å². The van der Waals surface area contributed by atoms with Crippen molar-refractivity contribution in [3.05, 3.63) is 24.3 Å². The highest BCUT2D eigenvalue weighted by molar-refractivity contribution is 5.89. The van der Waals surface area contributed by atoms with E-state index < -0.39 is 0 Å². The Bertz CT molecular complexity index is 435. The summed E-state index contributed by atoms with van der Waals surface area (Å²) in [5.74, 6) is 0.747. The van der Waals surface area contributed by atoms with Crippen LogP contribution in [0.3, 0.4) is 0 Å². The van der Waals surface area contributed by atoms with Gasteiger partial charge in [-0.15, -0.1) is 0 Å². The van der Waals surface area contributed by atoms with Crippen molar-refractivity contribution in [3.63, 3.8) is 0 Å². The molecule has 20 heavy (non-hydrogen) atoms. The first-order valence-electron chi connectivity index (χ1n) is 6.64. The predicted molar refractivity (Wildman–Crippen MR) is 75.2 cm³/mol. The molecule has 2 amide bonds. The Morgan fingerprint density at radius 2 is 2.10 bits per heavy atom. The highest BCUT2D eigenvalue weighted by Gasteiger charge is 2.29. The van der Waals surface area contributed by atoms with Crippen LogP contribution < -0.4 is 15.4 Å². The number of amides is 2. The summed E-state index contributed by atoms with van der Waals surface area (Å²) < 4.78 is 15.9. The number of hydrogen-bond acceptors (Lipinski definition) is 4. The molecule has 0 bridgehead atoms. The molecule has 2 atom stereocenters. The standard InChI is InChI=1S/C14H20N2O4/c1-3-20-13-9-19-8-12(13)16-14(17)15-10-4-6-11(18-2)7-5-10/h4-7,12-13H,3,8-9H2,1-2H3,(H2,15,16,17)/t12-,13-/m1/s1. The fraction of sp³-hybridized carbons (Fsp3) is 0.500. The van der Waals surface area contributed by atoms with Crippen LogP contribution in [0.25, 0.3) is 0 Å². The number of benzene rings is 1. The number of carbonyl (C=O) groups is 1. The lowest BCUT2D eigenvalue weighted by atomic mass is 10.2. The predicted octanol–water partition coefficient (Wildman–Crippen LogP) is 1.62. The van der Waals surface area contributed by atoms with Crippen LogP contribution in [0, 0.1) is 0 Å². The van der Waals surface area contributed by atoms with Crippen molar-refractivity contribution in [2.45, 2.75) is 19.1 Å². The molecule has 1 aromatic carbocycles. The van der Waals surface area contributed by atoms with Gasteiger partial charge in [-0.05, 0) is 31.2 Å². The summed E-state index contributed by atoms with van der Waals surface area (Å²) in [6.45, 7) is 3.52. The van der Waals surface area contributed by atoms with Crippen molar-refractivity contribution in [2.24, 2.45) is 0 Å². The van der Waals surface area contributed by atoms with E-state index in [0.29, 0.717) is 25.5 Å². The molecule has 1 heterocycles. The lowest BCUT2D eigenvalue weighted by molar-refractivity contribution is 0.0428. The second-order valence-corrected chi connectivity index (χ2v) is 4.46. The fourth-order valence-corrected chi connectivity index (χ4v) is 2.06. The zero-order valence-corrected chi connectivity index (χ0v) is 11.7. The minimum atomic E-state index is -0.268. The second-order valence-electron chi connectivity index (χ2n) is 4.46. The van der Waals surface area contributed by atoms with E-state index in [9.17, 15) is 4.79 Å². The highest BCUT2D eigenvalue weighted by Crippen LogP contribution is 2.15. The Morgan fingerprint density at radius 3 is 2.75 bits per heavy atom. The topological polar surface area (TPSA) is 68.8 Å². The van der Waals surface area contributed by atoms with Crippen LogP contribution in [0.4, 0.5) is 10.5 Å². The summed E-state index contributed by atoms with van der Waals surface area (Å²) in [6.07, 6.45) is -0.0818. The van der Waals surface area contributed by atoms with Crippen LogP contribution in [-0.4, -0.2) is 45.1 Å².